The Kier molecular flexibility index (Phi) is 7.80. The van der Waals surface area contributed by atoms with Crippen molar-refractivity contribution in [3.05, 3.63) is 77.9 Å². The lowest BCUT2D eigenvalue weighted by Gasteiger charge is -2.26. The van der Waals surface area contributed by atoms with Crippen LogP contribution in [0.25, 0.3) is 27.9 Å². The minimum absolute atomic E-state index is 0.0184. The number of morpholine rings is 1. The summed E-state index contributed by atoms with van der Waals surface area (Å²) in [6.45, 7) is 13.2. The highest BCUT2D eigenvalue weighted by molar-refractivity contribution is 5.93. The number of ether oxygens (including phenoxy) is 2. The summed E-state index contributed by atoms with van der Waals surface area (Å²) in [4.78, 5) is 25.9. The van der Waals surface area contributed by atoms with E-state index in [2.05, 4.69) is 51.0 Å². The van der Waals surface area contributed by atoms with E-state index in [0.717, 1.165) is 96.5 Å². The molecule has 6 rings (SSSR count). The number of aromatic amines is 1. The normalized spacial score (nSPS) is 15.8. The van der Waals surface area contributed by atoms with Crippen molar-refractivity contribution in [3.8, 4) is 16.9 Å². The Bertz CT molecular complexity index is 1560. The highest BCUT2D eigenvalue weighted by Crippen LogP contribution is 2.31. The lowest BCUT2D eigenvalue weighted by atomic mass is 10.0. The summed E-state index contributed by atoms with van der Waals surface area (Å²) >= 11 is 0. The highest BCUT2D eigenvalue weighted by Gasteiger charge is 2.24. The van der Waals surface area contributed by atoms with Gasteiger partial charge in [-0.2, -0.15) is 0 Å². The van der Waals surface area contributed by atoms with E-state index in [-0.39, 0.29) is 5.91 Å². The molecule has 2 aliphatic heterocycles. The van der Waals surface area contributed by atoms with Crippen LogP contribution in [0.3, 0.4) is 0 Å². The number of nitrogens with zero attached hydrogens (tertiary/aromatic N) is 4. The average Bonchev–Trinajstić information content (AvgIpc) is 3.48. The van der Waals surface area contributed by atoms with E-state index in [0.29, 0.717) is 25.4 Å². The second-order valence-electron chi connectivity index (χ2n) is 10.8. The van der Waals surface area contributed by atoms with Gasteiger partial charge in [-0.1, -0.05) is 18.7 Å². The summed E-state index contributed by atoms with van der Waals surface area (Å²) in [5, 5.41) is 3.44. The summed E-state index contributed by atoms with van der Waals surface area (Å²) in [5.74, 6) is 1.70. The number of imidazole rings is 1. The van der Waals surface area contributed by atoms with Crippen LogP contribution in [-0.4, -0.2) is 82.8 Å². The summed E-state index contributed by atoms with van der Waals surface area (Å²) < 4.78 is 13.4. The van der Waals surface area contributed by atoms with Gasteiger partial charge in [0.25, 0.3) is 5.91 Å². The molecule has 2 aromatic carbocycles. The smallest absolute Gasteiger partial charge is 0.270 e. The number of hydrogen-bond donors (Lipinski definition) is 2. The number of carbonyl (C=O) groups is 1. The van der Waals surface area contributed by atoms with Crippen LogP contribution in [0.15, 0.2) is 55.1 Å². The molecular formula is C32H38N6O3. The van der Waals surface area contributed by atoms with Gasteiger partial charge in [-0.25, -0.2) is 4.98 Å². The number of nitrogens with one attached hydrogen (secondary N) is 2. The second kappa shape index (κ2) is 11.8. The quantitative estimate of drug-likeness (QED) is 0.318. The number of H-pyrrole nitrogens is 1. The number of aromatic nitrogens is 3. The molecule has 0 saturated carbocycles. The molecular weight excluding hydrogens is 516 g/mol. The van der Waals surface area contributed by atoms with Crippen LogP contribution in [0.4, 0.5) is 0 Å². The summed E-state index contributed by atoms with van der Waals surface area (Å²) in [6, 6.07) is 16.3. The maximum atomic E-state index is 13.7. The SMILES string of the molecule is C=C(NCCCN1CCOCC1)c1ccc(C(=O)N2CCOc3ccc(-c4ccc5nc(C)[nH]c5c4)cc3C2)n1C. The lowest BCUT2D eigenvalue weighted by Crippen LogP contribution is -2.37. The van der Waals surface area contributed by atoms with Gasteiger partial charge in [0.2, 0.25) is 0 Å². The van der Waals surface area contributed by atoms with E-state index in [4.69, 9.17) is 9.47 Å². The van der Waals surface area contributed by atoms with Crippen LogP contribution < -0.4 is 10.1 Å². The van der Waals surface area contributed by atoms with Crippen molar-refractivity contribution in [1.82, 2.24) is 29.7 Å². The molecule has 214 valence electrons. The summed E-state index contributed by atoms with van der Waals surface area (Å²) in [7, 11) is 1.93. The van der Waals surface area contributed by atoms with Gasteiger partial charge in [0.05, 0.1) is 42.2 Å². The molecule has 0 bridgehead atoms. The first kappa shape index (κ1) is 27.1. The Balaban J connectivity index is 1.12. The zero-order chi connectivity index (χ0) is 28.3. The number of amides is 1. The van der Waals surface area contributed by atoms with Crippen LogP contribution >= 0.6 is 0 Å². The van der Waals surface area contributed by atoms with E-state index in [1.807, 2.05) is 47.7 Å². The van der Waals surface area contributed by atoms with Crippen molar-refractivity contribution in [2.24, 2.45) is 7.05 Å². The van der Waals surface area contributed by atoms with E-state index in [9.17, 15) is 4.79 Å². The molecule has 0 spiro atoms. The molecule has 0 atom stereocenters. The monoisotopic (exact) mass is 554 g/mol. The molecule has 2 N–H and O–H groups in total. The van der Waals surface area contributed by atoms with Gasteiger partial charge in [-0.05, 0) is 67.4 Å². The average molecular weight is 555 g/mol. The molecule has 2 aromatic heterocycles. The van der Waals surface area contributed by atoms with Crippen molar-refractivity contribution in [3.63, 3.8) is 0 Å². The van der Waals surface area contributed by atoms with Crippen molar-refractivity contribution in [1.29, 1.82) is 0 Å². The van der Waals surface area contributed by atoms with Crippen LogP contribution in [0.1, 0.15) is 34.0 Å². The van der Waals surface area contributed by atoms with E-state index < -0.39 is 0 Å². The van der Waals surface area contributed by atoms with Gasteiger partial charge in [-0.3, -0.25) is 9.69 Å². The number of benzene rings is 2. The van der Waals surface area contributed by atoms with E-state index >= 15 is 0 Å². The lowest BCUT2D eigenvalue weighted by molar-refractivity contribution is 0.0376. The molecule has 0 aliphatic carbocycles. The van der Waals surface area contributed by atoms with E-state index in [1.54, 1.807) is 0 Å². The summed E-state index contributed by atoms with van der Waals surface area (Å²) in [5.41, 5.74) is 7.50. The van der Waals surface area contributed by atoms with Crippen LogP contribution in [0.2, 0.25) is 0 Å². The number of hydrogen-bond acceptors (Lipinski definition) is 6. The molecule has 4 aromatic rings. The predicted octanol–water partition coefficient (Wildman–Crippen LogP) is 4.19. The highest BCUT2D eigenvalue weighted by atomic mass is 16.5. The zero-order valence-corrected chi connectivity index (χ0v) is 23.9. The fourth-order valence-corrected chi connectivity index (χ4v) is 5.71. The first-order valence-corrected chi connectivity index (χ1v) is 14.4. The largest absolute Gasteiger partial charge is 0.491 e. The van der Waals surface area contributed by atoms with Crippen molar-refractivity contribution < 1.29 is 14.3 Å². The molecule has 1 saturated heterocycles. The predicted molar refractivity (Wildman–Crippen MR) is 161 cm³/mol. The fourth-order valence-electron chi connectivity index (χ4n) is 5.71. The van der Waals surface area contributed by atoms with Crippen molar-refractivity contribution >= 4 is 22.6 Å². The zero-order valence-electron chi connectivity index (χ0n) is 23.9. The molecule has 1 amide bonds. The number of rotatable bonds is 8. The topological polar surface area (TPSA) is 87.7 Å². The van der Waals surface area contributed by atoms with Crippen LogP contribution in [-0.2, 0) is 18.3 Å². The van der Waals surface area contributed by atoms with Gasteiger partial charge in [0.1, 0.15) is 23.9 Å². The van der Waals surface area contributed by atoms with Crippen LogP contribution in [0.5, 0.6) is 5.75 Å². The second-order valence-corrected chi connectivity index (χ2v) is 10.8. The Hall–Kier alpha value is -4.08. The first-order valence-electron chi connectivity index (χ1n) is 14.4. The molecule has 9 heteroatoms. The maximum Gasteiger partial charge on any atom is 0.270 e. The Morgan fingerprint density at radius 2 is 1.80 bits per heavy atom. The fraction of sp³-hybridized carbons (Fsp3) is 0.375. The van der Waals surface area contributed by atoms with Gasteiger partial charge < -0.3 is 29.2 Å². The Morgan fingerprint density at radius 1 is 1.02 bits per heavy atom. The minimum Gasteiger partial charge on any atom is -0.491 e. The minimum atomic E-state index is -0.0184. The molecule has 2 aliphatic rings. The molecule has 0 unspecified atom stereocenters. The van der Waals surface area contributed by atoms with Gasteiger partial charge in [-0.15, -0.1) is 0 Å². The van der Waals surface area contributed by atoms with Gasteiger partial charge >= 0.3 is 0 Å². The van der Waals surface area contributed by atoms with Crippen LogP contribution in [0, 0.1) is 6.92 Å². The van der Waals surface area contributed by atoms with Gasteiger partial charge in [0.15, 0.2) is 0 Å². The number of aryl methyl sites for hydroxylation is 1. The third-order valence-corrected chi connectivity index (χ3v) is 8.00. The number of carbonyl (C=O) groups excluding carboxylic acids is 1. The standard InChI is InChI=1S/C32H38N6O3/c1-22(33-11-4-12-37-13-16-40-17-14-37)29-8-9-30(36(29)3)32(39)38-15-18-41-31-10-6-24(19-26(31)21-38)25-5-7-27-28(20-25)35-23(2)34-27/h5-10,19-20,33H,1,4,11-18,21H2,2-3H3,(H,34,35). The van der Waals surface area contributed by atoms with Gasteiger partial charge in [0, 0.05) is 38.8 Å². The van der Waals surface area contributed by atoms with E-state index in [1.165, 1.54) is 0 Å². The number of fused-ring (bicyclic) bond motifs is 2. The summed E-state index contributed by atoms with van der Waals surface area (Å²) in [6.07, 6.45) is 1.03. The first-order chi connectivity index (χ1) is 20.0. The third kappa shape index (κ3) is 5.87. The molecule has 41 heavy (non-hydrogen) atoms. The Morgan fingerprint density at radius 3 is 2.66 bits per heavy atom. The third-order valence-electron chi connectivity index (χ3n) is 8.00. The van der Waals surface area contributed by atoms with Crippen molar-refractivity contribution in [2.45, 2.75) is 19.9 Å². The van der Waals surface area contributed by atoms with Crippen molar-refractivity contribution in [2.75, 3.05) is 52.5 Å². The Labute approximate surface area is 240 Å². The molecule has 9 nitrogen and oxygen atoms in total. The maximum absolute atomic E-state index is 13.7. The molecule has 0 radical (unpaired) electrons. The molecule has 4 heterocycles. The molecule has 1 fully saturated rings.